The Labute approximate surface area is 105 Å². The fourth-order valence-electron chi connectivity index (χ4n) is 2.09. The van der Waals surface area contributed by atoms with Gasteiger partial charge in [0.05, 0.1) is 22.6 Å². The van der Waals surface area contributed by atoms with Crippen LogP contribution < -0.4 is 5.32 Å². The van der Waals surface area contributed by atoms with Gasteiger partial charge in [-0.05, 0) is 25.3 Å². The number of rotatable bonds is 2. The number of nitrogens with zero attached hydrogens (tertiary/aromatic N) is 2. The molecule has 1 saturated carbocycles. The number of halogens is 1. The first-order valence-electron chi connectivity index (χ1n) is 5.52. The van der Waals surface area contributed by atoms with Gasteiger partial charge in [-0.1, -0.05) is 11.6 Å². The lowest BCUT2D eigenvalue weighted by atomic mass is 10.1. The molecule has 0 saturated heterocycles. The molecule has 5 heteroatoms. The molecule has 2 atom stereocenters. The van der Waals surface area contributed by atoms with Gasteiger partial charge in [0, 0.05) is 18.4 Å². The first kappa shape index (κ1) is 11.9. The molecule has 88 valence electrons. The Hall–Kier alpha value is -1.60. The molecular formula is C12H12ClN3O. The topological polar surface area (TPSA) is 65.8 Å². The lowest BCUT2D eigenvalue weighted by molar-refractivity contribution is 0.0933. The van der Waals surface area contributed by atoms with Crippen molar-refractivity contribution in [1.29, 1.82) is 5.26 Å². The summed E-state index contributed by atoms with van der Waals surface area (Å²) >= 11 is 5.89. The van der Waals surface area contributed by atoms with E-state index < -0.39 is 0 Å². The maximum atomic E-state index is 12.0. The number of hydrogen-bond acceptors (Lipinski definition) is 3. The van der Waals surface area contributed by atoms with E-state index in [2.05, 4.69) is 16.4 Å². The Morgan fingerprint density at radius 1 is 1.59 bits per heavy atom. The number of nitrogens with one attached hydrogen (secondary N) is 1. The third-order valence-electron chi connectivity index (χ3n) is 3.02. The molecule has 0 spiro atoms. The summed E-state index contributed by atoms with van der Waals surface area (Å²) < 4.78 is 0. The van der Waals surface area contributed by atoms with Gasteiger partial charge in [-0.15, -0.1) is 0 Å². The summed E-state index contributed by atoms with van der Waals surface area (Å²) in [5.74, 6) is -0.316. The summed E-state index contributed by atoms with van der Waals surface area (Å²) in [6, 6.07) is 3.74. The Bertz CT molecular complexity index is 469. The van der Waals surface area contributed by atoms with Crippen LogP contribution >= 0.6 is 11.6 Å². The first-order valence-corrected chi connectivity index (χ1v) is 5.90. The Morgan fingerprint density at radius 2 is 2.41 bits per heavy atom. The molecule has 2 unspecified atom stereocenters. The number of aromatic nitrogens is 1. The van der Waals surface area contributed by atoms with Crippen molar-refractivity contribution in [2.24, 2.45) is 5.92 Å². The molecule has 17 heavy (non-hydrogen) atoms. The van der Waals surface area contributed by atoms with Gasteiger partial charge in [-0.25, -0.2) is 0 Å². The Balaban J connectivity index is 2.08. The van der Waals surface area contributed by atoms with E-state index in [1.807, 2.05) is 0 Å². The smallest absolute Gasteiger partial charge is 0.253 e. The summed E-state index contributed by atoms with van der Waals surface area (Å²) in [5, 5.41) is 12.1. The van der Waals surface area contributed by atoms with Crippen molar-refractivity contribution in [2.45, 2.75) is 25.3 Å². The van der Waals surface area contributed by atoms with Gasteiger partial charge in [-0.2, -0.15) is 5.26 Å². The Kier molecular flexibility index (Phi) is 3.60. The lowest BCUT2D eigenvalue weighted by Gasteiger charge is -2.15. The second kappa shape index (κ2) is 5.15. The van der Waals surface area contributed by atoms with E-state index in [0.717, 1.165) is 19.3 Å². The molecular weight excluding hydrogens is 238 g/mol. The van der Waals surface area contributed by atoms with Gasteiger partial charge in [0.25, 0.3) is 5.91 Å². The fourth-order valence-corrected chi connectivity index (χ4v) is 2.30. The molecule has 1 aliphatic rings. The van der Waals surface area contributed by atoms with E-state index in [1.54, 1.807) is 6.07 Å². The molecule has 0 bridgehead atoms. The molecule has 0 aromatic carbocycles. The highest BCUT2D eigenvalue weighted by atomic mass is 35.5. The molecule has 1 fully saturated rings. The van der Waals surface area contributed by atoms with Crippen LogP contribution in [0.3, 0.4) is 0 Å². The third kappa shape index (κ3) is 2.56. The van der Waals surface area contributed by atoms with E-state index in [-0.39, 0.29) is 17.9 Å². The SMILES string of the molecule is N#CC1CCCC1NC(=O)c1ccncc1Cl. The number of hydrogen-bond donors (Lipinski definition) is 1. The van der Waals surface area contributed by atoms with Crippen molar-refractivity contribution in [3.8, 4) is 6.07 Å². The minimum atomic E-state index is -0.232. The zero-order valence-electron chi connectivity index (χ0n) is 9.19. The molecule has 4 nitrogen and oxygen atoms in total. The average molecular weight is 250 g/mol. The lowest BCUT2D eigenvalue weighted by Crippen LogP contribution is -2.37. The normalized spacial score (nSPS) is 23.1. The third-order valence-corrected chi connectivity index (χ3v) is 3.32. The maximum absolute atomic E-state index is 12.0. The monoisotopic (exact) mass is 249 g/mol. The number of amides is 1. The predicted octanol–water partition coefficient (Wildman–Crippen LogP) is 2.16. The number of nitriles is 1. The van der Waals surface area contributed by atoms with E-state index in [9.17, 15) is 4.79 Å². The van der Waals surface area contributed by atoms with Gasteiger partial charge in [0.1, 0.15) is 0 Å². The zero-order valence-corrected chi connectivity index (χ0v) is 9.94. The second-order valence-corrected chi connectivity index (χ2v) is 4.51. The van der Waals surface area contributed by atoms with Crippen LogP contribution in [0.5, 0.6) is 0 Å². The number of pyridine rings is 1. The van der Waals surface area contributed by atoms with Crippen molar-refractivity contribution in [1.82, 2.24) is 10.3 Å². The summed E-state index contributed by atoms with van der Waals surface area (Å²) in [7, 11) is 0. The van der Waals surface area contributed by atoms with Gasteiger partial charge < -0.3 is 5.32 Å². The molecule has 0 radical (unpaired) electrons. The molecule has 1 aromatic heterocycles. The van der Waals surface area contributed by atoms with Crippen LogP contribution in [0.25, 0.3) is 0 Å². The van der Waals surface area contributed by atoms with Crippen molar-refractivity contribution >= 4 is 17.5 Å². The van der Waals surface area contributed by atoms with Crippen LogP contribution in [0.1, 0.15) is 29.6 Å². The van der Waals surface area contributed by atoms with E-state index in [4.69, 9.17) is 16.9 Å². The van der Waals surface area contributed by atoms with Gasteiger partial charge in [0.2, 0.25) is 0 Å². The van der Waals surface area contributed by atoms with Crippen LogP contribution in [-0.2, 0) is 0 Å². The van der Waals surface area contributed by atoms with E-state index in [1.165, 1.54) is 12.4 Å². The fraction of sp³-hybridized carbons (Fsp3) is 0.417. The van der Waals surface area contributed by atoms with E-state index >= 15 is 0 Å². The molecule has 1 heterocycles. The average Bonchev–Trinajstić information content (AvgIpc) is 2.76. The minimum Gasteiger partial charge on any atom is -0.348 e. The van der Waals surface area contributed by atoms with E-state index in [0.29, 0.717) is 10.6 Å². The second-order valence-electron chi connectivity index (χ2n) is 4.10. The zero-order chi connectivity index (χ0) is 12.3. The summed E-state index contributed by atoms with van der Waals surface area (Å²) in [5.41, 5.74) is 0.408. The van der Waals surface area contributed by atoms with Crippen molar-refractivity contribution in [3.05, 3.63) is 29.0 Å². The molecule has 1 aromatic rings. The number of carbonyl (C=O) groups excluding carboxylic acids is 1. The maximum Gasteiger partial charge on any atom is 0.253 e. The molecule has 0 aliphatic heterocycles. The van der Waals surface area contributed by atoms with Crippen molar-refractivity contribution in [3.63, 3.8) is 0 Å². The van der Waals surface area contributed by atoms with Crippen molar-refractivity contribution < 1.29 is 4.79 Å². The highest BCUT2D eigenvalue weighted by Gasteiger charge is 2.28. The molecule has 1 aliphatic carbocycles. The van der Waals surface area contributed by atoms with Crippen LogP contribution in [-0.4, -0.2) is 16.9 Å². The minimum absolute atomic E-state index is 0.0586. The highest BCUT2D eigenvalue weighted by Crippen LogP contribution is 2.25. The largest absolute Gasteiger partial charge is 0.348 e. The van der Waals surface area contributed by atoms with Gasteiger partial charge in [0.15, 0.2) is 0 Å². The standard InChI is InChI=1S/C12H12ClN3O/c13-10-7-15-5-4-9(10)12(17)16-11-3-1-2-8(11)6-14/h4-5,7-8,11H,1-3H2,(H,16,17). The van der Waals surface area contributed by atoms with Crippen molar-refractivity contribution in [2.75, 3.05) is 0 Å². The van der Waals surface area contributed by atoms with Crippen LogP contribution in [0.15, 0.2) is 18.5 Å². The first-order chi connectivity index (χ1) is 8.22. The van der Waals surface area contributed by atoms with Gasteiger partial charge >= 0.3 is 0 Å². The molecule has 1 N–H and O–H groups in total. The molecule has 2 rings (SSSR count). The van der Waals surface area contributed by atoms with Crippen LogP contribution in [0.2, 0.25) is 5.02 Å². The summed E-state index contributed by atoms with van der Waals surface area (Å²) in [6.07, 6.45) is 5.65. The van der Waals surface area contributed by atoms with Gasteiger partial charge in [-0.3, -0.25) is 9.78 Å². The summed E-state index contributed by atoms with van der Waals surface area (Å²) in [6.45, 7) is 0. The predicted molar refractivity (Wildman–Crippen MR) is 63.5 cm³/mol. The Morgan fingerprint density at radius 3 is 3.12 bits per heavy atom. The molecule has 1 amide bonds. The van der Waals surface area contributed by atoms with Crippen LogP contribution in [0, 0.1) is 17.2 Å². The number of carbonyl (C=O) groups is 1. The summed E-state index contributed by atoms with van der Waals surface area (Å²) in [4.78, 5) is 15.8. The van der Waals surface area contributed by atoms with Crippen LogP contribution in [0.4, 0.5) is 0 Å². The quantitative estimate of drug-likeness (QED) is 0.873. The highest BCUT2D eigenvalue weighted by molar-refractivity contribution is 6.33.